The molecule has 0 unspecified atom stereocenters. The molecule has 124 valence electrons. The number of carbonyl (C=O) groups is 1. The third kappa shape index (κ3) is 5.10. The summed E-state index contributed by atoms with van der Waals surface area (Å²) in [4.78, 5) is 11.7. The van der Waals surface area contributed by atoms with Gasteiger partial charge in [-0.1, -0.05) is 0 Å². The number of carbonyl (C=O) groups excluding carboxylic acids is 1. The van der Waals surface area contributed by atoms with Gasteiger partial charge in [0.1, 0.15) is 5.75 Å². The maximum Gasteiger partial charge on any atom is 0.418 e. The van der Waals surface area contributed by atoms with Gasteiger partial charge in [0.05, 0.1) is 30.0 Å². The van der Waals surface area contributed by atoms with Gasteiger partial charge in [-0.3, -0.25) is 0 Å². The summed E-state index contributed by atoms with van der Waals surface area (Å²) >= 11 is 0. The van der Waals surface area contributed by atoms with Crippen molar-refractivity contribution in [3.05, 3.63) is 23.8 Å². The Hall–Kier alpha value is -1.96. The van der Waals surface area contributed by atoms with E-state index in [4.69, 9.17) is 9.84 Å². The lowest BCUT2D eigenvalue weighted by Crippen LogP contribution is -2.48. The Labute approximate surface area is 126 Å². The summed E-state index contributed by atoms with van der Waals surface area (Å²) in [6, 6.07) is 2.45. The van der Waals surface area contributed by atoms with Crippen molar-refractivity contribution in [3.8, 4) is 5.75 Å². The van der Waals surface area contributed by atoms with Crippen LogP contribution in [0.1, 0.15) is 26.3 Å². The van der Waals surface area contributed by atoms with Crippen LogP contribution in [-0.2, 0) is 6.18 Å². The molecule has 0 saturated heterocycles. The Balaban J connectivity index is 3.01. The van der Waals surface area contributed by atoms with Gasteiger partial charge in [-0.05, 0) is 39.0 Å². The Morgan fingerprint density at radius 1 is 1.32 bits per heavy atom. The van der Waals surface area contributed by atoms with Crippen LogP contribution in [0.4, 0.5) is 23.7 Å². The second-order valence-corrected chi connectivity index (χ2v) is 5.26. The quantitative estimate of drug-likeness (QED) is 0.781. The number of halogens is 3. The molecule has 0 aromatic heterocycles. The number of aliphatic hydroxyl groups is 1. The van der Waals surface area contributed by atoms with Gasteiger partial charge in [-0.2, -0.15) is 13.2 Å². The van der Waals surface area contributed by atoms with E-state index in [1.54, 1.807) is 6.92 Å². The fourth-order valence-corrected chi connectivity index (χ4v) is 1.62. The van der Waals surface area contributed by atoms with Crippen molar-refractivity contribution >= 4 is 11.7 Å². The molecule has 0 saturated carbocycles. The lowest BCUT2D eigenvalue weighted by molar-refractivity contribution is -0.137. The number of aliphatic hydroxyl groups excluding tert-OH is 1. The third-order valence-corrected chi connectivity index (χ3v) is 2.70. The molecule has 0 bridgehead atoms. The van der Waals surface area contributed by atoms with Gasteiger partial charge in [0.2, 0.25) is 0 Å². The number of hydrogen-bond acceptors (Lipinski definition) is 3. The molecule has 0 radical (unpaired) electrons. The summed E-state index contributed by atoms with van der Waals surface area (Å²) in [5, 5.41) is 13.6. The lowest BCUT2D eigenvalue weighted by atomic mass is 10.1. The van der Waals surface area contributed by atoms with Crippen molar-refractivity contribution in [2.24, 2.45) is 0 Å². The van der Waals surface area contributed by atoms with E-state index in [1.165, 1.54) is 19.9 Å². The van der Waals surface area contributed by atoms with Gasteiger partial charge in [0.25, 0.3) is 0 Å². The number of benzene rings is 1. The van der Waals surface area contributed by atoms with Gasteiger partial charge >= 0.3 is 12.2 Å². The fraction of sp³-hybridized carbons (Fsp3) is 0.500. The smallest absolute Gasteiger partial charge is 0.418 e. The summed E-state index contributed by atoms with van der Waals surface area (Å²) < 4.78 is 44.2. The number of amides is 2. The van der Waals surface area contributed by atoms with Crippen LogP contribution >= 0.6 is 0 Å². The number of hydrogen-bond donors (Lipinski definition) is 3. The zero-order valence-electron chi connectivity index (χ0n) is 12.5. The topological polar surface area (TPSA) is 70.6 Å². The van der Waals surface area contributed by atoms with Crippen LogP contribution in [0.25, 0.3) is 0 Å². The number of ether oxygens (including phenoxy) is 1. The number of anilines is 1. The molecule has 0 spiro atoms. The van der Waals surface area contributed by atoms with Crippen LogP contribution in [-0.4, -0.2) is 29.9 Å². The van der Waals surface area contributed by atoms with E-state index >= 15 is 0 Å². The van der Waals surface area contributed by atoms with Crippen molar-refractivity contribution in [2.45, 2.75) is 32.5 Å². The number of urea groups is 1. The Morgan fingerprint density at radius 3 is 2.45 bits per heavy atom. The van der Waals surface area contributed by atoms with Crippen molar-refractivity contribution in [1.82, 2.24) is 5.32 Å². The minimum Gasteiger partial charge on any atom is -0.494 e. The van der Waals surface area contributed by atoms with Crippen LogP contribution in [0.5, 0.6) is 5.75 Å². The van der Waals surface area contributed by atoms with Crippen molar-refractivity contribution in [3.63, 3.8) is 0 Å². The SMILES string of the molecule is CCOc1ccc(NC(=O)NC(C)(C)CO)c(C(F)(F)F)c1. The molecule has 3 N–H and O–H groups in total. The summed E-state index contributed by atoms with van der Waals surface area (Å²) in [5.74, 6) is 0.0662. The molecule has 0 fully saturated rings. The highest BCUT2D eigenvalue weighted by Crippen LogP contribution is 2.37. The van der Waals surface area contributed by atoms with Gasteiger partial charge in [-0.25, -0.2) is 4.79 Å². The van der Waals surface area contributed by atoms with Gasteiger partial charge in [0.15, 0.2) is 0 Å². The van der Waals surface area contributed by atoms with Crippen LogP contribution in [0.15, 0.2) is 18.2 Å². The Morgan fingerprint density at radius 2 is 1.95 bits per heavy atom. The van der Waals surface area contributed by atoms with Gasteiger partial charge in [-0.15, -0.1) is 0 Å². The first-order chi connectivity index (χ1) is 10.1. The predicted molar refractivity (Wildman–Crippen MR) is 75.9 cm³/mol. The molecule has 0 aliphatic rings. The second kappa shape index (κ2) is 6.87. The first-order valence-corrected chi connectivity index (χ1v) is 6.63. The first kappa shape index (κ1) is 18.1. The largest absolute Gasteiger partial charge is 0.494 e. The van der Waals surface area contributed by atoms with Crippen molar-refractivity contribution in [2.75, 3.05) is 18.5 Å². The molecule has 1 aromatic carbocycles. The number of alkyl halides is 3. The minimum atomic E-state index is -4.64. The maximum absolute atomic E-state index is 13.1. The summed E-state index contributed by atoms with van der Waals surface area (Å²) in [5.41, 5.74) is -2.34. The third-order valence-electron chi connectivity index (χ3n) is 2.70. The molecule has 22 heavy (non-hydrogen) atoms. The van der Waals surface area contributed by atoms with Crippen LogP contribution in [0, 0.1) is 0 Å². The number of rotatable bonds is 5. The molecular formula is C14H19F3N2O3. The molecule has 1 aromatic rings. The van der Waals surface area contributed by atoms with E-state index < -0.39 is 23.3 Å². The van der Waals surface area contributed by atoms with Gasteiger partial charge in [0, 0.05) is 0 Å². The summed E-state index contributed by atoms with van der Waals surface area (Å²) in [6.07, 6.45) is -4.64. The molecule has 5 nitrogen and oxygen atoms in total. The van der Waals surface area contributed by atoms with Crippen molar-refractivity contribution in [1.29, 1.82) is 0 Å². The zero-order valence-corrected chi connectivity index (χ0v) is 12.5. The fourth-order valence-electron chi connectivity index (χ4n) is 1.62. The van der Waals surface area contributed by atoms with E-state index in [9.17, 15) is 18.0 Å². The molecule has 1 rings (SSSR count). The molecule has 0 heterocycles. The van der Waals surface area contributed by atoms with E-state index in [-0.39, 0.29) is 24.7 Å². The molecule has 2 amide bonds. The average molecular weight is 320 g/mol. The molecule has 8 heteroatoms. The van der Waals surface area contributed by atoms with E-state index in [0.29, 0.717) is 0 Å². The Bertz CT molecular complexity index is 531. The average Bonchev–Trinajstić information content (AvgIpc) is 2.39. The molecule has 0 aliphatic carbocycles. The monoisotopic (exact) mass is 320 g/mol. The molecule has 0 atom stereocenters. The minimum absolute atomic E-state index is 0.0662. The molecule has 0 aliphatic heterocycles. The molecular weight excluding hydrogens is 301 g/mol. The van der Waals surface area contributed by atoms with E-state index in [2.05, 4.69) is 10.6 Å². The normalized spacial score (nSPS) is 12.0. The maximum atomic E-state index is 13.1. The predicted octanol–water partition coefficient (Wildman–Crippen LogP) is 3.00. The number of nitrogens with one attached hydrogen (secondary N) is 2. The van der Waals surface area contributed by atoms with E-state index in [1.807, 2.05) is 0 Å². The van der Waals surface area contributed by atoms with Crippen LogP contribution in [0.2, 0.25) is 0 Å². The van der Waals surface area contributed by atoms with Crippen LogP contribution in [0.3, 0.4) is 0 Å². The standard InChI is InChI=1S/C14H19F3N2O3/c1-4-22-9-5-6-11(10(7-9)14(15,16)17)18-12(21)19-13(2,3)8-20/h5-7,20H,4,8H2,1-3H3,(H2,18,19,21). The second-order valence-electron chi connectivity index (χ2n) is 5.26. The van der Waals surface area contributed by atoms with Gasteiger partial charge < -0.3 is 20.5 Å². The first-order valence-electron chi connectivity index (χ1n) is 6.63. The summed E-state index contributed by atoms with van der Waals surface area (Å²) in [7, 11) is 0. The Kier molecular flexibility index (Phi) is 5.65. The highest BCUT2D eigenvalue weighted by molar-refractivity contribution is 5.90. The zero-order chi connectivity index (χ0) is 17.0. The lowest BCUT2D eigenvalue weighted by Gasteiger charge is -2.24. The highest BCUT2D eigenvalue weighted by atomic mass is 19.4. The highest BCUT2D eigenvalue weighted by Gasteiger charge is 2.34. The van der Waals surface area contributed by atoms with Crippen molar-refractivity contribution < 1.29 is 27.8 Å². The summed E-state index contributed by atoms with van der Waals surface area (Å²) in [6.45, 7) is 4.61. The van der Waals surface area contributed by atoms with Crippen LogP contribution < -0.4 is 15.4 Å². The van der Waals surface area contributed by atoms with E-state index in [0.717, 1.165) is 12.1 Å².